The quantitative estimate of drug-likeness (QED) is 0.526. The Labute approximate surface area is 187 Å². The van der Waals surface area contributed by atoms with E-state index in [1.165, 1.54) is 28.9 Å². The van der Waals surface area contributed by atoms with Crippen molar-refractivity contribution >= 4 is 22.6 Å². The van der Waals surface area contributed by atoms with Crippen LogP contribution in [0.5, 0.6) is 5.75 Å². The standard InChI is InChI=1S/C22H22F3N5O3/c1-3-19(32)27-12-17-20-18(29(2)14-10-15(31)11-14)8-9-26-21(20)30(28-17)13-4-6-16(7-5-13)33-22(23,24)25/h3-9,14-15,31H,1,10-12H2,2H3,(H,27,32)/t14-,15+. The number of aliphatic hydroxyl groups is 1. The van der Waals surface area contributed by atoms with Gasteiger partial charge in [-0.3, -0.25) is 4.79 Å². The topological polar surface area (TPSA) is 92.5 Å². The van der Waals surface area contributed by atoms with Gasteiger partial charge in [0.25, 0.3) is 0 Å². The van der Waals surface area contributed by atoms with E-state index in [2.05, 4.69) is 26.7 Å². The minimum Gasteiger partial charge on any atom is -0.406 e. The average molecular weight is 461 g/mol. The van der Waals surface area contributed by atoms with Gasteiger partial charge in [-0.25, -0.2) is 9.67 Å². The number of ether oxygens (including phenoxy) is 1. The molecule has 1 fully saturated rings. The Balaban J connectivity index is 1.76. The third-order valence-corrected chi connectivity index (χ3v) is 5.57. The Kier molecular flexibility index (Phi) is 5.98. The number of nitrogens with one attached hydrogen (secondary N) is 1. The van der Waals surface area contributed by atoms with E-state index >= 15 is 0 Å². The lowest BCUT2D eigenvalue weighted by atomic mass is 9.88. The molecule has 0 saturated heterocycles. The van der Waals surface area contributed by atoms with Gasteiger partial charge < -0.3 is 20.1 Å². The van der Waals surface area contributed by atoms with Crippen molar-refractivity contribution in [3.8, 4) is 11.4 Å². The predicted octanol–water partition coefficient (Wildman–Crippen LogP) is 3.08. The molecule has 2 heterocycles. The van der Waals surface area contributed by atoms with E-state index in [9.17, 15) is 23.1 Å². The van der Waals surface area contributed by atoms with Crippen molar-refractivity contribution < 1.29 is 27.8 Å². The second kappa shape index (κ2) is 8.74. The van der Waals surface area contributed by atoms with Crippen LogP contribution in [0.1, 0.15) is 18.5 Å². The molecule has 4 rings (SSSR count). The van der Waals surface area contributed by atoms with E-state index in [1.807, 2.05) is 18.0 Å². The lowest BCUT2D eigenvalue weighted by Gasteiger charge is -2.40. The minimum absolute atomic E-state index is 0.101. The molecule has 1 aliphatic carbocycles. The number of hydrogen-bond donors (Lipinski definition) is 2. The molecule has 1 amide bonds. The maximum atomic E-state index is 12.5. The molecule has 0 atom stereocenters. The molecule has 0 bridgehead atoms. The second-order valence-corrected chi connectivity index (χ2v) is 7.74. The fraction of sp³-hybridized carbons (Fsp3) is 0.318. The van der Waals surface area contributed by atoms with E-state index in [0.717, 1.165) is 11.8 Å². The second-order valence-electron chi connectivity index (χ2n) is 7.74. The van der Waals surface area contributed by atoms with Gasteiger partial charge in [-0.2, -0.15) is 5.10 Å². The number of carbonyl (C=O) groups is 1. The third-order valence-electron chi connectivity index (χ3n) is 5.57. The van der Waals surface area contributed by atoms with Gasteiger partial charge in [0.2, 0.25) is 5.91 Å². The van der Waals surface area contributed by atoms with Gasteiger partial charge in [0, 0.05) is 19.3 Å². The molecule has 0 unspecified atom stereocenters. The molecular weight excluding hydrogens is 439 g/mol. The van der Waals surface area contributed by atoms with Crippen molar-refractivity contribution in [1.82, 2.24) is 20.1 Å². The first-order valence-corrected chi connectivity index (χ1v) is 10.2. The van der Waals surface area contributed by atoms with Crippen molar-refractivity contribution in [2.75, 3.05) is 11.9 Å². The van der Waals surface area contributed by atoms with Gasteiger partial charge in [0.15, 0.2) is 5.65 Å². The van der Waals surface area contributed by atoms with Crippen molar-refractivity contribution in [2.24, 2.45) is 0 Å². The van der Waals surface area contributed by atoms with Crippen LogP contribution in [0.25, 0.3) is 16.7 Å². The summed E-state index contributed by atoms with van der Waals surface area (Å²) in [6.45, 7) is 3.54. The normalized spacial score (nSPS) is 18.0. The first kappa shape index (κ1) is 22.6. The van der Waals surface area contributed by atoms with Gasteiger partial charge >= 0.3 is 6.36 Å². The van der Waals surface area contributed by atoms with Crippen LogP contribution in [0.3, 0.4) is 0 Å². The summed E-state index contributed by atoms with van der Waals surface area (Å²) in [7, 11) is 1.91. The van der Waals surface area contributed by atoms with Gasteiger partial charge in [-0.05, 0) is 49.2 Å². The maximum absolute atomic E-state index is 12.5. The highest BCUT2D eigenvalue weighted by Gasteiger charge is 2.33. The number of anilines is 1. The molecule has 2 N–H and O–H groups in total. The van der Waals surface area contributed by atoms with Gasteiger partial charge in [-0.1, -0.05) is 6.58 Å². The fourth-order valence-electron chi connectivity index (χ4n) is 3.80. The van der Waals surface area contributed by atoms with Gasteiger partial charge in [0.1, 0.15) is 5.75 Å². The summed E-state index contributed by atoms with van der Waals surface area (Å²) >= 11 is 0. The molecule has 0 aliphatic heterocycles. The zero-order valence-electron chi connectivity index (χ0n) is 17.7. The SMILES string of the molecule is C=CC(=O)NCc1nn(-c2ccc(OC(F)(F)F)cc2)c2nccc(N(C)[C@H]3C[C@@H](O)C3)c12. The van der Waals surface area contributed by atoms with Crippen LogP contribution in [0.4, 0.5) is 18.9 Å². The minimum atomic E-state index is -4.79. The van der Waals surface area contributed by atoms with Gasteiger partial charge in [-0.15, -0.1) is 13.2 Å². The highest BCUT2D eigenvalue weighted by molar-refractivity contribution is 5.94. The monoisotopic (exact) mass is 461 g/mol. The molecule has 0 spiro atoms. The molecule has 11 heteroatoms. The number of hydrogen-bond acceptors (Lipinski definition) is 6. The van der Waals surface area contributed by atoms with Crippen molar-refractivity contribution in [3.63, 3.8) is 0 Å². The summed E-state index contributed by atoms with van der Waals surface area (Å²) in [6.07, 6.45) is -1.07. The molecule has 33 heavy (non-hydrogen) atoms. The van der Waals surface area contributed by atoms with Crippen LogP contribution in [0.2, 0.25) is 0 Å². The largest absolute Gasteiger partial charge is 0.573 e. The number of benzene rings is 1. The van der Waals surface area contributed by atoms with Crippen LogP contribution >= 0.6 is 0 Å². The van der Waals surface area contributed by atoms with Crippen molar-refractivity contribution in [1.29, 1.82) is 0 Å². The van der Waals surface area contributed by atoms with E-state index in [1.54, 1.807) is 6.20 Å². The molecule has 0 radical (unpaired) electrons. The number of amides is 1. The number of aromatic nitrogens is 3. The van der Waals surface area contributed by atoms with Crippen LogP contribution < -0.4 is 15.0 Å². The molecule has 1 aliphatic rings. The number of rotatable bonds is 7. The van der Waals surface area contributed by atoms with Crippen LogP contribution in [0, 0.1) is 0 Å². The number of carbonyl (C=O) groups excluding carboxylic acids is 1. The lowest BCUT2D eigenvalue weighted by Crippen LogP contribution is -2.45. The molecule has 174 valence electrons. The Morgan fingerprint density at radius 3 is 2.64 bits per heavy atom. The fourth-order valence-corrected chi connectivity index (χ4v) is 3.80. The van der Waals surface area contributed by atoms with E-state index in [0.29, 0.717) is 35.3 Å². The zero-order chi connectivity index (χ0) is 23.8. The highest BCUT2D eigenvalue weighted by atomic mass is 19.4. The first-order chi connectivity index (χ1) is 15.7. The van der Waals surface area contributed by atoms with Gasteiger partial charge in [0.05, 0.1) is 35.1 Å². The smallest absolute Gasteiger partial charge is 0.406 e. The summed E-state index contributed by atoms with van der Waals surface area (Å²) in [4.78, 5) is 18.2. The average Bonchev–Trinajstić information content (AvgIpc) is 3.13. The Bertz CT molecular complexity index is 1170. The zero-order valence-corrected chi connectivity index (χ0v) is 17.7. The summed E-state index contributed by atoms with van der Waals surface area (Å²) in [5.74, 6) is -0.717. The number of fused-ring (bicyclic) bond motifs is 1. The predicted molar refractivity (Wildman–Crippen MR) is 115 cm³/mol. The maximum Gasteiger partial charge on any atom is 0.573 e. The Morgan fingerprint density at radius 1 is 1.33 bits per heavy atom. The number of alkyl halides is 3. The Hall–Kier alpha value is -3.60. The lowest BCUT2D eigenvalue weighted by molar-refractivity contribution is -0.274. The molecule has 2 aromatic heterocycles. The van der Waals surface area contributed by atoms with Crippen molar-refractivity contribution in [2.45, 2.75) is 37.9 Å². The van der Waals surface area contributed by atoms with E-state index < -0.39 is 6.36 Å². The van der Waals surface area contributed by atoms with Crippen LogP contribution in [0.15, 0.2) is 49.2 Å². The number of nitrogens with zero attached hydrogens (tertiary/aromatic N) is 4. The molecule has 1 aromatic carbocycles. The van der Waals surface area contributed by atoms with E-state index in [4.69, 9.17) is 0 Å². The highest BCUT2D eigenvalue weighted by Crippen LogP contribution is 2.35. The van der Waals surface area contributed by atoms with E-state index in [-0.39, 0.29) is 30.3 Å². The third kappa shape index (κ3) is 4.77. The summed E-state index contributed by atoms with van der Waals surface area (Å²) in [6, 6.07) is 7.25. The molecular formula is C22H22F3N5O3. The summed E-state index contributed by atoms with van der Waals surface area (Å²) in [5.41, 5.74) is 2.31. The number of aliphatic hydroxyl groups excluding tert-OH is 1. The summed E-state index contributed by atoms with van der Waals surface area (Å²) < 4.78 is 42.9. The summed E-state index contributed by atoms with van der Waals surface area (Å²) in [5, 5.41) is 17.7. The molecule has 3 aromatic rings. The van der Waals surface area contributed by atoms with Crippen LogP contribution in [-0.2, 0) is 11.3 Å². The Morgan fingerprint density at radius 2 is 2.03 bits per heavy atom. The van der Waals surface area contributed by atoms with Crippen LogP contribution in [-0.4, -0.2) is 51.3 Å². The number of halogens is 3. The molecule has 8 nitrogen and oxygen atoms in total. The number of pyridine rings is 1. The molecule has 1 saturated carbocycles. The van der Waals surface area contributed by atoms with Crippen molar-refractivity contribution in [3.05, 3.63) is 54.9 Å². The first-order valence-electron chi connectivity index (χ1n) is 10.2.